The van der Waals surface area contributed by atoms with E-state index in [1.54, 1.807) is 6.92 Å². The summed E-state index contributed by atoms with van der Waals surface area (Å²) in [6, 6.07) is 0. The van der Waals surface area contributed by atoms with Crippen molar-refractivity contribution in [3.05, 3.63) is 0 Å². The standard InChI is InChI=1S/C14H28N2OS/c1-8-14(7,10(15)18)11(17)16-13(5,6)9-12(2,3)4/h8-9H2,1-7H3,(H2,15,18)(H,16,17). The lowest BCUT2D eigenvalue weighted by Crippen LogP contribution is -2.54. The van der Waals surface area contributed by atoms with Crippen molar-refractivity contribution < 1.29 is 4.79 Å². The second-order valence-corrected chi connectivity index (χ2v) is 7.57. The van der Waals surface area contributed by atoms with Gasteiger partial charge in [0.05, 0.1) is 10.4 Å². The summed E-state index contributed by atoms with van der Waals surface area (Å²) in [4.78, 5) is 12.6. The van der Waals surface area contributed by atoms with E-state index in [1.165, 1.54) is 0 Å². The minimum Gasteiger partial charge on any atom is -0.392 e. The molecule has 3 N–H and O–H groups in total. The molecule has 0 saturated heterocycles. The van der Waals surface area contributed by atoms with Gasteiger partial charge in [-0.3, -0.25) is 4.79 Å². The van der Waals surface area contributed by atoms with Crippen LogP contribution in [0.3, 0.4) is 0 Å². The zero-order valence-electron chi connectivity index (χ0n) is 12.8. The fourth-order valence-corrected chi connectivity index (χ4v) is 2.50. The highest BCUT2D eigenvalue weighted by Gasteiger charge is 2.38. The molecule has 0 heterocycles. The fourth-order valence-electron chi connectivity index (χ4n) is 2.26. The summed E-state index contributed by atoms with van der Waals surface area (Å²) >= 11 is 5.02. The molecule has 0 aliphatic carbocycles. The molecule has 0 aromatic heterocycles. The van der Waals surface area contributed by atoms with Gasteiger partial charge in [0.25, 0.3) is 0 Å². The van der Waals surface area contributed by atoms with Crippen molar-refractivity contribution in [2.75, 3.05) is 0 Å². The summed E-state index contributed by atoms with van der Waals surface area (Å²) < 4.78 is 0. The SMILES string of the molecule is CCC(C)(C(=O)NC(C)(C)CC(C)(C)C)C(N)=S. The fraction of sp³-hybridized carbons (Fsp3) is 0.857. The molecule has 0 aromatic rings. The van der Waals surface area contributed by atoms with E-state index < -0.39 is 5.41 Å². The van der Waals surface area contributed by atoms with Crippen LogP contribution in [0.25, 0.3) is 0 Å². The first-order valence-corrected chi connectivity index (χ1v) is 6.87. The Bertz CT molecular complexity index is 331. The Morgan fingerprint density at radius 1 is 1.17 bits per heavy atom. The number of nitrogens with two attached hydrogens (primary N) is 1. The van der Waals surface area contributed by atoms with Crippen molar-refractivity contribution in [2.45, 2.75) is 66.8 Å². The van der Waals surface area contributed by atoms with E-state index in [0.717, 1.165) is 6.42 Å². The van der Waals surface area contributed by atoms with E-state index >= 15 is 0 Å². The van der Waals surface area contributed by atoms with E-state index in [-0.39, 0.29) is 21.8 Å². The molecule has 1 unspecified atom stereocenters. The average molecular weight is 272 g/mol. The van der Waals surface area contributed by atoms with Gasteiger partial charge >= 0.3 is 0 Å². The van der Waals surface area contributed by atoms with Gasteiger partial charge in [0.15, 0.2) is 0 Å². The molecular formula is C14H28N2OS. The number of carbonyl (C=O) groups is 1. The zero-order chi connectivity index (χ0) is 14.8. The summed E-state index contributed by atoms with van der Waals surface area (Å²) in [7, 11) is 0. The topological polar surface area (TPSA) is 55.1 Å². The number of thiocarbonyl (C=S) groups is 1. The Morgan fingerprint density at radius 3 is 1.89 bits per heavy atom. The molecule has 0 aliphatic rings. The number of carbonyl (C=O) groups excluding carboxylic acids is 1. The van der Waals surface area contributed by atoms with Crippen LogP contribution in [0, 0.1) is 10.8 Å². The largest absolute Gasteiger partial charge is 0.392 e. The van der Waals surface area contributed by atoms with Crippen LogP contribution in [0.1, 0.15) is 61.3 Å². The van der Waals surface area contributed by atoms with Gasteiger partial charge < -0.3 is 11.1 Å². The van der Waals surface area contributed by atoms with Crippen molar-refractivity contribution in [3.8, 4) is 0 Å². The summed E-state index contributed by atoms with van der Waals surface area (Å²) in [6.45, 7) is 14.3. The molecule has 4 heteroatoms. The molecule has 0 fully saturated rings. The molecule has 0 bridgehead atoms. The maximum atomic E-state index is 12.4. The second kappa shape index (κ2) is 5.55. The number of amides is 1. The highest BCUT2D eigenvalue weighted by Crippen LogP contribution is 2.29. The molecule has 0 radical (unpaired) electrons. The predicted octanol–water partition coefficient (Wildman–Crippen LogP) is 3.02. The predicted molar refractivity (Wildman–Crippen MR) is 81.5 cm³/mol. The Balaban J connectivity index is 4.90. The van der Waals surface area contributed by atoms with Crippen LogP contribution in [0.5, 0.6) is 0 Å². The van der Waals surface area contributed by atoms with Crippen LogP contribution in [0.4, 0.5) is 0 Å². The van der Waals surface area contributed by atoms with Gasteiger partial charge in [-0.05, 0) is 39.0 Å². The monoisotopic (exact) mass is 272 g/mol. The molecule has 0 aromatic carbocycles. The van der Waals surface area contributed by atoms with Crippen LogP contribution in [-0.4, -0.2) is 16.4 Å². The first kappa shape index (κ1) is 17.4. The Labute approximate surface area is 117 Å². The second-order valence-electron chi connectivity index (χ2n) is 7.13. The quantitative estimate of drug-likeness (QED) is 0.756. The molecule has 0 saturated carbocycles. The van der Waals surface area contributed by atoms with Crippen LogP contribution in [0.15, 0.2) is 0 Å². The smallest absolute Gasteiger partial charge is 0.233 e. The lowest BCUT2D eigenvalue weighted by Gasteiger charge is -2.36. The molecule has 0 rings (SSSR count). The highest BCUT2D eigenvalue weighted by atomic mass is 32.1. The molecule has 18 heavy (non-hydrogen) atoms. The summed E-state index contributed by atoms with van der Waals surface area (Å²) in [5.41, 5.74) is 4.83. The van der Waals surface area contributed by atoms with E-state index in [2.05, 4.69) is 26.1 Å². The van der Waals surface area contributed by atoms with Gasteiger partial charge in [0, 0.05) is 5.54 Å². The van der Waals surface area contributed by atoms with Crippen LogP contribution < -0.4 is 11.1 Å². The summed E-state index contributed by atoms with van der Waals surface area (Å²) in [5, 5.41) is 3.08. The van der Waals surface area contributed by atoms with Crippen molar-refractivity contribution in [1.29, 1.82) is 0 Å². The van der Waals surface area contributed by atoms with Gasteiger partial charge in [-0.25, -0.2) is 0 Å². The molecule has 3 nitrogen and oxygen atoms in total. The number of rotatable bonds is 5. The van der Waals surface area contributed by atoms with Crippen molar-refractivity contribution in [1.82, 2.24) is 5.32 Å². The average Bonchev–Trinajstić information content (AvgIpc) is 2.10. The van der Waals surface area contributed by atoms with E-state index in [0.29, 0.717) is 6.42 Å². The first-order valence-electron chi connectivity index (χ1n) is 6.46. The first-order chi connectivity index (χ1) is 7.84. The van der Waals surface area contributed by atoms with Gasteiger partial charge in [-0.15, -0.1) is 0 Å². The molecular weight excluding hydrogens is 244 g/mol. The molecule has 0 spiro atoms. The number of hydrogen-bond acceptors (Lipinski definition) is 2. The third-order valence-electron chi connectivity index (χ3n) is 3.18. The minimum absolute atomic E-state index is 0.0771. The van der Waals surface area contributed by atoms with Gasteiger partial charge in [0.1, 0.15) is 0 Å². The van der Waals surface area contributed by atoms with Crippen LogP contribution >= 0.6 is 12.2 Å². The van der Waals surface area contributed by atoms with Crippen molar-refractivity contribution in [3.63, 3.8) is 0 Å². The van der Waals surface area contributed by atoms with Crippen LogP contribution in [-0.2, 0) is 4.79 Å². The third-order valence-corrected chi connectivity index (χ3v) is 3.63. The summed E-state index contributed by atoms with van der Waals surface area (Å²) in [5.74, 6) is -0.0771. The Morgan fingerprint density at radius 2 is 1.61 bits per heavy atom. The van der Waals surface area contributed by atoms with Crippen LogP contribution in [0.2, 0.25) is 0 Å². The Hall–Kier alpha value is -0.640. The third kappa shape index (κ3) is 4.92. The van der Waals surface area contributed by atoms with E-state index in [9.17, 15) is 4.79 Å². The minimum atomic E-state index is -0.759. The van der Waals surface area contributed by atoms with Crippen molar-refractivity contribution in [2.24, 2.45) is 16.6 Å². The maximum absolute atomic E-state index is 12.4. The lowest BCUT2D eigenvalue weighted by atomic mass is 9.80. The zero-order valence-corrected chi connectivity index (χ0v) is 13.6. The van der Waals surface area contributed by atoms with E-state index in [1.807, 2.05) is 20.8 Å². The van der Waals surface area contributed by atoms with Gasteiger partial charge in [-0.1, -0.05) is 39.9 Å². The Kier molecular flexibility index (Phi) is 5.36. The molecule has 106 valence electrons. The number of nitrogens with one attached hydrogen (secondary N) is 1. The number of hydrogen-bond donors (Lipinski definition) is 2. The van der Waals surface area contributed by atoms with E-state index in [4.69, 9.17) is 18.0 Å². The normalized spacial score (nSPS) is 15.9. The van der Waals surface area contributed by atoms with Gasteiger partial charge in [-0.2, -0.15) is 0 Å². The molecule has 0 aliphatic heterocycles. The highest BCUT2D eigenvalue weighted by molar-refractivity contribution is 7.80. The van der Waals surface area contributed by atoms with Crippen molar-refractivity contribution >= 4 is 23.1 Å². The molecule has 1 amide bonds. The molecule has 1 atom stereocenters. The summed E-state index contributed by atoms with van der Waals surface area (Å²) in [6.07, 6.45) is 1.50. The lowest BCUT2D eigenvalue weighted by molar-refractivity contribution is -0.128. The van der Waals surface area contributed by atoms with Gasteiger partial charge in [0.2, 0.25) is 5.91 Å². The maximum Gasteiger partial charge on any atom is 0.233 e.